The Morgan fingerprint density at radius 3 is 2.24 bits per heavy atom. The van der Waals surface area contributed by atoms with Gasteiger partial charge in [0.15, 0.2) is 0 Å². The van der Waals surface area contributed by atoms with Crippen molar-refractivity contribution in [2.45, 2.75) is 27.2 Å². The first-order valence-corrected chi connectivity index (χ1v) is 7.40. The number of nitrogens with zero attached hydrogens (tertiary/aromatic N) is 1. The Labute approximate surface area is 126 Å². The molecule has 0 atom stereocenters. The number of amides is 2. The van der Waals surface area contributed by atoms with Crippen LogP contribution < -0.4 is 10.6 Å². The van der Waals surface area contributed by atoms with Gasteiger partial charge in [0.2, 0.25) is 11.8 Å². The smallest absolute Gasteiger partial charge is 0.224 e. The largest absolute Gasteiger partial charge is 0.355 e. The molecule has 5 nitrogen and oxygen atoms in total. The summed E-state index contributed by atoms with van der Waals surface area (Å²) in [6.45, 7) is 9.24. The van der Waals surface area contributed by atoms with Crippen molar-refractivity contribution in [2.75, 3.05) is 31.5 Å². The van der Waals surface area contributed by atoms with E-state index >= 15 is 0 Å². The molecule has 0 aliphatic carbocycles. The van der Waals surface area contributed by atoms with Gasteiger partial charge in [0, 0.05) is 25.7 Å². The molecule has 0 fully saturated rings. The second-order valence-electron chi connectivity index (χ2n) is 4.93. The van der Waals surface area contributed by atoms with E-state index in [0.717, 1.165) is 30.9 Å². The number of likely N-dealkylation sites (N-methyl/N-ethyl adjacent to an activating group) is 1. The number of benzene rings is 1. The predicted molar refractivity (Wildman–Crippen MR) is 85.2 cm³/mol. The Hall–Kier alpha value is -1.88. The van der Waals surface area contributed by atoms with E-state index in [1.165, 1.54) is 6.92 Å². The van der Waals surface area contributed by atoms with Crippen LogP contribution in [0.3, 0.4) is 0 Å². The number of rotatable bonds is 8. The molecule has 0 saturated carbocycles. The number of carbonyl (C=O) groups is 2. The van der Waals surface area contributed by atoms with Gasteiger partial charge in [-0.15, -0.1) is 0 Å². The maximum Gasteiger partial charge on any atom is 0.224 e. The van der Waals surface area contributed by atoms with Gasteiger partial charge in [-0.05, 0) is 30.8 Å². The number of hydrogen-bond acceptors (Lipinski definition) is 3. The molecule has 0 heterocycles. The third-order valence-corrected chi connectivity index (χ3v) is 3.28. The third-order valence-electron chi connectivity index (χ3n) is 3.28. The van der Waals surface area contributed by atoms with Gasteiger partial charge < -0.3 is 15.5 Å². The normalized spacial score (nSPS) is 10.5. The highest BCUT2D eigenvalue weighted by atomic mass is 16.2. The molecule has 0 unspecified atom stereocenters. The van der Waals surface area contributed by atoms with Gasteiger partial charge in [-0.3, -0.25) is 9.59 Å². The molecule has 5 heteroatoms. The maximum atomic E-state index is 11.8. The fraction of sp³-hybridized carbons (Fsp3) is 0.500. The van der Waals surface area contributed by atoms with Crippen molar-refractivity contribution in [3.05, 3.63) is 29.8 Å². The maximum absolute atomic E-state index is 11.8. The van der Waals surface area contributed by atoms with Gasteiger partial charge in [0.25, 0.3) is 0 Å². The lowest BCUT2D eigenvalue weighted by Gasteiger charge is -2.17. The minimum Gasteiger partial charge on any atom is -0.355 e. The summed E-state index contributed by atoms with van der Waals surface area (Å²) in [7, 11) is 0. The molecule has 2 amide bonds. The highest BCUT2D eigenvalue weighted by Gasteiger charge is 2.05. The summed E-state index contributed by atoms with van der Waals surface area (Å²) in [5.74, 6) is -0.0775. The van der Waals surface area contributed by atoms with Crippen LogP contribution in [0, 0.1) is 0 Å². The van der Waals surface area contributed by atoms with E-state index in [1.54, 1.807) is 12.1 Å². The second kappa shape index (κ2) is 9.13. The minimum atomic E-state index is -0.100. The Morgan fingerprint density at radius 1 is 1.10 bits per heavy atom. The van der Waals surface area contributed by atoms with Crippen LogP contribution in [0.5, 0.6) is 0 Å². The zero-order valence-electron chi connectivity index (χ0n) is 13.1. The molecule has 1 aromatic carbocycles. The van der Waals surface area contributed by atoms with E-state index in [2.05, 4.69) is 29.4 Å². The minimum absolute atomic E-state index is 0.0226. The highest BCUT2D eigenvalue weighted by Crippen LogP contribution is 2.09. The Kier molecular flexibility index (Phi) is 7.46. The number of nitrogens with one attached hydrogen (secondary N) is 2. The lowest BCUT2D eigenvalue weighted by molar-refractivity contribution is -0.120. The molecule has 0 aliphatic rings. The molecule has 2 N–H and O–H groups in total. The molecule has 116 valence electrons. The van der Waals surface area contributed by atoms with Crippen LogP contribution in [0.2, 0.25) is 0 Å². The Morgan fingerprint density at radius 2 is 1.71 bits per heavy atom. The zero-order valence-corrected chi connectivity index (χ0v) is 13.1. The molecular weight excluding hydrogens is 266 g/mol. The molecule has 0 saturated heterocycles. The summed E-state index contributed by atoms with van der Waals surface area (Å²) < 4.78 is 0. The van der Waals surface area contributed by atoms with Crippen molar-refractivity contribution in [1.29, 1.82) is 0 Å². The molecule has 1 aromatic rings. The summed E-state index contributed by atoms with van der Waals surface area (Å²) in [6.07, 6.45) is 0.360. The third kappa shape index (κ3) is 6.90. The van der Waals surface area contributed by atoms with Crippen molar-refractivity contribution in [2.24, 2.45) is 0 Å². The predicted octanol–water partition coefficient (Wildman–Crippen LogP) is 1.65. The van der Waals surface area contributed by atoms with Crippen molar-refractivity contribution in [3.63, 3.8) is 0 Å². The first-order chi connectivity index (χ1) is 10.0. The summed E-state index contributed by atoms with van der Waals surface area (Å²) >= 11 is 0. The van der Waals surface area contributed by atoms with Gasteiger partial charge in [-0.25, -0.2) is 0 Å². The average Bonchev–Trinajstić information content (AvgIpc) is 2.45. The fourth-order valence-corrected chi connectivity index (χ4v) is 2.05. The number of anilines is 1. The van der Waals surface area contributed by atoms with Gasteiger partial charge in [-0.2, -0.15) is 0 Å². The topological polar surface area (TPSA) is 61.4 Å². The quantitative estimate of drug-likeness (QED) is 0.765. The molecule has 21 heavy (non-hydrogen) atoms. The molecule has 1 rings (SSSR count). The fourth-order valence-electron chi connectivity index (χ4n) is 2.05. The zero-order chi connectivity index (χ0) is 15.7. The summed E-state index contributed by atoms with van der Waals surface area (Å²) in [4.78, 5) is 25.0. The van der Waals surface area contributed by atoms with Crippen LogP contribution >= 0.6 is 0 Å². The van der Waals surface area contributed by atoms with Gasteiger partial charge in [0.1, 0.15) is 0 Å². The van der Waals surface area contributed by atoms with Crippen LogP contribution in [-0.2, 0) is 16.0 Å². The van der Waals surface area contributed by atoms with Gasteiger partial charge >= 0.3 is 0 Å². The van der Waals surface area contributed by atoms with E-state index in [-0.39, 0.29) is 11.8 Å². The molecule has 0 bridgehead atoms. The lowest BCUT2D eigenvalue weighted by Crippen LogP contribution is -2.35. The van der Waals surface area contributed by atoms with Crippen molar-refractivity contribution < 1.29 is 9.59 Å². The Bertz CT molecular complexity index is 453. The van der Waals surface area contributed by atoms with Crippen molar-refractivity contribution in [3.8, 4) is 0 Å². The first-order valence-electron chi connectivity index (χ1n) is 7.40. The monoisotopic (exact) mass is 291 g/mol. The molecule has 0 aromatic heterocycles. The molecule has 0 radical (unpaired) electrons. The molecule has 0 aliphatic heterocycles. The van der Waals surface area contributed by atoms with Gasteiger partial charge in [0.05, 0.1) is 6.42 Å². The van der Waals surface area contributed by atoms with E-state index in [4.69, 9.17) is 0 Å². The van der Waals surface area contributed by atoms with E-state index in [9.17, 15) is 9.59 Å². The molecule has 0 spiro atoms. The van der Waals surface area contributed by atoms with Crippen LogP contribution in [0.25, 0.3) is 0 Å². The number of hydrogen-bond donors (Lipinski definition) is 2. The SMILES string of the molecule is CCN(CC)CCNC(=O)Cc1ccc(NC(C)=O)cc1. The first kappa shape index (κ1) is 17.2. The highest BCUT2D eigenvalue weighted by molar-refractivity contribution is 5.88. The molecular formula is C16H25N3O2. The van der Waals surface area contributed by atoms with Crippen molar-refractivity contribution >= 4 is 17.5 Å². The van der Waals surface area contributed by atoms with E-state index in [1.807, 2.05) is 12.1 Å². The second-order valence-corrected chi connectivity index (χ2v) is 4.93. The van der Waals surface area contributed by atoms with Crippen LogP contribution in [0.4, 0.5) is 5.69 Å². The summed E-state index contributed by atoms with van der Waals surface area (Å²) in [6, 6.07) is 7.32. The Balaban J connectivity index is 2.35. The van der Waals surface area contributed by atoms with Crippen LogP contribution in [0.15, 0.2) is 24.3 Å². The average molecular weight is 291 g/mol. The van der Waals surface area contributed by atoms with Crippen LogP contribution in [-0.4, -0.2) is 42.9 Å². The van der Waals surface area contributed by atoms with Gasteiger partial charge in [-0.1, -0.05) is 26.0 Å². The van der Waals surface area contributed by atoms with E-state index < -0.39 is 0 Å². The number of carbonyl (C=O) groups excluding carboxylic acids is 2. The standard InChI is InChI=1S/C16H25N3O2/c1-4-19(5-2)11-10-17-16(21)12-14-6-8-15(9-7-14)18-13(3)20/h6-9H,4-5,10-12H2,1-3H3,(H,17,21)(H,18,20). The summed E-state index contributed by atoms with van der Waals surface area (Å²) in [5, 5.41) is 5.63. The van der Waals surface area contributed by atoms with E-state index in [0.29, 0.717) is 13.0 Å². The van der Waals surface area contributed by atoms with Crippen LogP contribution in [0.1, 0.15) is 26.3 Å². The van der Waals surface area contributed by atoms with Crippen molar-refractivity contribution in [1.82, 2.24) is 10.2 Å². The lowest BCUT2D eigenvalue weighted by atomic mass is 10.1. The summed E-state index contributed by atoms with van der Waals surface area (Å²) in [5.41, 5.74) is 1.68.